The molecule has 0 spiro atoms. The SMILES string of the molecule is C=C(Cl)/C=C(/SCC(O)(c1ccc(N(N)c2ccccc2)c(C)c1)C(F)(F)F)C(=C)Cl. The number of para-hydroxylation sites is 1. The van der Waals surface area contributed by atoms with Crippen molar-refractivity contribution < 1.29 is 18.3 Å². The Morgan fingerprint density at radius 1 is 1.16 bits per heavy atom. The van der Waals surface area contributed by atoms with Crippen LogP contribution in [-0.4, -0.2) is 17.0 Å². The first kappa shape index (κ1) is 25.4. The Kier molecular flexibility index (Phi) is 8.30. The van der Waals surface area contributed by atoms with E-state index in [9.17, 15) is 18.3 Å². The molecule has 0 saturated heterocycles. The van der Waals surface area contributed by atoms with Crippen molar-refractivity contribution in [1.82, 2.24) is 0 Å². The van der Waals surface area contributed by atoms with Crippen LogP contribution in [0.3, 0.4) is 0 Å². The third-order valence-corrected chi connectivity index (χ3v) is 6.09. The van der Waals surface area contributed by atoms with Crippen molar-refractivity contribution in [3.05, 3.63) is 93.9 Å². The smallest absolute Gasteiger partial charge is 0.376 e. The number of aliphatic hydroxyl groups is 1. The molecule has 0 aliphatic heterocycles. The summed E-state index contributed by atoms with van der Waals surface area (Å²) in [6.45, 7) is 8.60. The van der Waals surface area contributed by atoms with Crippen LogP contribution >= 0.6 is 35.0 Å². The number of nitrogens with two attached hydrogens (primary N) is 1. The summed E-state index contributed by atoms with van der Waals surface area (Å²) in [6, 6.07) is 12.9. The second-order valence-electron chi connectivity index (χ2n) is 6.71. The van der Waals surface area contributed by atoms with Crippen molar-refractivity contribution in [3.63, 3.8) is 0 Å². The summed E-state index contributed by atoms with van der Waals surface area (Å²) in [6.07, 6.45) is -3.66. The lowest BCUT2D eigenvalue weighted by Gasteiger charge is -2.32. The summed E-state index contributed by atoms with van der Waals surface area (Å²) in [7, 11) is 0. The fourth-order valence-electron chi connectivity index (χ4n) is 2.76. The highest BCUT2D eigenvalue weighted by Crippen LogP contribution is 2.44. The largest absolute Gasteiger partial charge is 0.422 e. The maximum atomic E-state index is 13.9. The van der Waals surface area contributed by atoms with Gasteiger partial charge in [0.05, 0.1) is 11.4 Å². The lowest BCUT2D eigenvalue weighted by molar-refractivity contribution is -0.256. The van der Waals surface area contributed by atoms with E-state index in [0.29, 0.717) is 28.7 Å². The van der Waals surface area contributed by atoms with Crippen molar-refractivity contribution in [2.24, 2.45) is 5.84 Å². The van der Waals surface area contributed by atoms with E-state index in [1.165, 1.54) is 29.3 Å². The number of aryl methyl sites for hydroxylation is 1. The van der Waals surface area contributed by atoms with Gasteiger partial charge in [-0.25, -0.2) is 5.84 Å². The van der Waals surface area contributed by atoms with Crippen LogP contribution in [0.5, 0.6) is 0 Å². The zero-order chi connectivity index (χ0) is 23.4. The van der Waals surface area contributed by atoms with Crippen LogP contribution in [-0.2, 0) is 5.60 Å². The molecule has 0 amide bonds. The quantitative estimate of drug-likeness (QED) is 0.241. The molecule has 31 heavy (non-hydrogen) atoms. The number of hydrazine groups is 1. The zero-order valence-electron chi connectivity index (χ0n) is 16.6. The molecule has 166 valence electrons. The minimum absolute atomic E-state index is 0.00973. The van der Waals surface area contributed by atoms with E-state index in [4.69, 9.17) is 29.0 Å². The molecule has 2 aromatic carbocycles. The molecule has 0 fully saturated rings. The van der Waals surface area contributed by atoms with Gasteiger partial charge in [-0.1, -0.05) is 66.7 Å². The Balaban J connectivity index is 2.41. The van der Waals surface area contributed by atoms with E-state index in [2.05, 4.69) is 13.2 Å². The number of hydrogen-bond donors (Lipinski definition) is 2. The Bertz CT molecular complexity index is 996. The standard InChI is InChI=1S/C22H21Cl2F3N2OS/c1-14-11-17(9-10-19(14)29(28)18-7-5-4-6-8-18)21(30,22(25,26)27)13-31-20(16(3)24)12-15(2)23/h4-12,30H,2-3,13,28H2,1H3/b20-12+. The molecule has 2 aromatic rings. The second kappa shape index (κ2) is 10.1. The highest BCUT2D eigenvalue weighted by Gasteiger charge is 2.55. The van der Waals surface area contributed by atoms with Gasteiger partial charge in [0.15, 0.2) is 5.60 Å². The van der Waals surface area contributed by atoms with E-state index in [1.54, 1.807) is 31.2 Å². The Morgan fingerprint density at radius 2 is 1.77 bits per heavy atom. The van der Waals surface area contributed by atoms with Crippen molar-refractivity contribution in [2.45, 2.75) is 18.7 Å². The summed E-state index contributed by atoms with van der Waals surface area (Å²) in [5.74, 6) is 5.37. The first-order chi connectivity index (χ1) is 14.4. The lowest BCUT2D eigenvalue weighted by Crippen LogP contribution is -2.44. The zero-order valence-corrected chi connectivity index (χ0v) is 18.9. The van der Waals surface area contributed by atoms with Gasteiger partial charge in [0, 0.05) is 20.7 Å². The number of anilines is 2. The van der Waals surface area contributed by atoms with Crippen LogP contribution in [0.1, 0.15) is 11.1 Å². The van der Waals surface area contributed by atoms with E-state index in [-0.39, 0.29) is 20.5 Å². The highest BCUT2D eigenvalue weighted by molar-refractivity contribution is 8.03. The van der Waals surface area contributed by atoms with Crippen molar-refractivity contribution in [2.75, 3.05) is 10.8 Å². The molecule has 0 saturated carbocycles. The van der Waals surface area contributed by atoms with E-state index in [0.717, 1.165) is 0 Å². The van der Waals surface area contributed by atoms with Gasteiger partial charge < -0.3 is 5.11 Å². The van der Waals surface area contributed by atoms with Gasteiger partial charge in [-0.05, 0) is 42.3 Å². The van der Waals surface area contributed by atoms with Crippen LogP contribution in [0.25, 0.3) is 0 Å². The van der Waals surface area contributed by atoms with Crippen LogP contribution in [0.15, 0.2) is 82.7 Å². The average molecular weight is 489 g/mol. The third kappa shape index (κ3) is 6.08. The maximum Gasteiger partial charge on any atom is 0.422 e. The van der Waals surface area contributed by atoms with E-state index < -0.39 is 17.5 Å². The van der Waals surface area contributed by atoms with Gasteiger partial charge in [-0.15, -0.1) is 11.8 Å². The number of alkyl halides is 3. The Hall–Kier alpha value is -1.90. The number of nitrogens with zero attached hydrogens (tertiary/aromatic N) is 1. The molecule has 3 nitrogen and oxygen atoms in total. The first-order valence-electron chi connectivity index (χ1n) is 8.90. The van der Waals surface area contributed by atoms with Crippen molar-refractivity contribution in [3.8, 4) is 0 Å². The van der Waals surface area contributed by atoms with Crippen molar-refractivity contribution in [1.29, 1.82) is 0 Å². The Morgan fingerprint density at radius 3 is 2.26 bits per heavy atom. The number of allylic oxidation sites excluding steroid dienone is 3. The topological polar surface area (TPSA) is 49.5 Å². The molecule has 0 heterocycles. The van der Waals surface area contributed by atoms with Gasteiger partial charge >= 0.3 is 6.18 Å². The molecular weight excluding hydrogens is 468 g/mol. The molecule has 0 aromatic heterocycles. The molecule has 2 rings (SSSR count). The number of thioether (sulfide) groups is 1. The maximum absolute atomic E-state index is 13.9. The molecular formula is C22H21Cl2F3N2OS. The molecule has 1 unspecified atom stereocenters. The minimum Gasteiger partial charge on any atom is -0.376 e. The van der Waals surface area contributed by atoms with Gasteiger partial charge in [-0.2, -0.15) is 13.2 Å². The third-order valence-electron chi connectivity index (χ3n) is 4.43. The fourth-order valence-corrected chi connectivity index (χ4v) is 4.23. The lowest BCUT2D eigenvalue weighted by atomic mass is 9.93. The number of halogens is 5. The second-order valence-corrected chi connectivity index (χ2v) is 8.67. The summed E-state index contributed by atoms with van der Waals surface area (Å²) >= 11 is 12.2. The van der Waals surface area contributed by atoms with Crippen molar-refractivity contribution >= 4 is 46.3 Å². The molecule has 0 radical (unpaired) electrons. The first-order valence-corrected chi connectivity index (χ1v) is 10.6. The van der Waals surface area contributed by atoms with E-state index in [1.807, 2.05) is 6.07 Å². The van der Waals surface area contributed by atoms with Gasteiger partial charge in [0.1, 0.15) is 0 Å². The van der Waals surface area contributed by atoms with Crippen LogP contribution in [0.2, 0.25) is 0 Å². The fraction of sp³-hybridized carbons (Fsp3) is 0.182. The number of benzene rings is 2. The predicted octanol–water partition coefficient (Wildman–Crippen LogP) is 6.88. The molecule has 0 aliphatic carbocycles. The summed E-state index contributed by atoms with van der Waals surface area (Å²) in [4.78, 5) is 0.176. The summed E-state index contributed by atoms with van der Waals surface area (Å²) in [5, 5.41) is 12.1. The molecule has 0 bridgehead atoms. The normalized spacial score (nSPS) is 14.1. The highest BCUT2D eigenvalue weighted by atomic mass is 35.5. The molecule has 1 atom stereocenters. The van der Waals surface area contributed by atoms with Crippen LogP contribution < -0.4 is 10.9 Å². The van der Waals surface area contributed by atoms with Crippen LogP contribution in [0.4, 0.5) is 24.5 Å². The number of rotatable bonds is 8. The minimum atomic E-state index is -4.95. The molecule has 0 aliphatic rings. The Labute approximate surface area is 193 Å². The summed E-state index contributed by atoms with van der Waals surface area (Å²) < 4.78 is 41.8. The summed E-state index contributed by atoms with van der Waals surface area (Å²) in [5.41, 5.74) is -1.84. The average Bonchev–Trinajstić information content (AvgIpc) is 2.69. The van der Waals surface area contributed by atoms with Gasteiger partial charge in [0.2, 0.25) is 0 Å². The predicted molar refractivity (Wildman–Crippen MR) is 124 cm³/mol. The van der Waals surface area contributed by atoms with Crippen LogP contribution in [0, 0.1) is 6.92 Å². The van der Waals surface area contributed by atoms with E-state index >= 15 is 0 Å². The van der Waals surface area contributed by atoms with Gasteiger partial charge in [-0.3, -0.25) is 5.01 Å². The molecule has 9 heteroatoms. The molecule has 3 N–H and O–H groups in total. The number of hydrogen-bond acceptors (Lipinski definition) is 4. The van der Waals surface area contributed by atoms with Gasteiger partial charge in [0.25, 0.3) is 0 Å². The monoisotopic (exact) mass is 488 g/mol.